The second kappa shape index (κ2) is 36.6. The van der Waals surface area contributed by atoms with Crippen LogP contribution in [0.15, 0.2) is 152 Å². The highest BCUT2D eigenvalue weighted by Crippen LogP contribution is 2.55. The lowest BCUT2D eigenvalue weighted by Gasteiger charge is -2.62. The van der Waals surface area contributed by atoms with Crippen LogP contribution in [-0.4, -0.2) is 98.0 Å². The summed E-state index contributed by atoms with van der Waals surface area (Å²) in [7, 11) is 0. The van der Waals surface area contributed by atoms with E-state index in [9.17, 15) is 39.6 Å². The average molecular weight is 1530 g/mol. The van der Waals surface area contributed by atoms with E-state index in [1.54, 1.807) is 46.6 Å². The first kappa shape index (κ1) is 78.8. The fourth-order valence-corrected chi connectivity index (χ4v) is 18.1. The Balaban J connectivity index is 0.000000222. The smallest absolute Gasteiger partial charge is 0.323 e. The summed E-state index contributed by atoms with van der Waals surface area (Å²) in [5.41, 5.74) is 6.75. The van der Waals surface area contributed by atoms with Gasteiger partial charge in [-0.15, -0.1) is 35.7 Å². The van der Waals surface area contributed by atoms with Crippen molar-refractivity contribution < 1.29 is 63.1 Å². The largest absolute Gasteiger partial charge is 0.851 e. The standard InChI is InChI=1S/C54H66N4O8.C32H30N2O4S4/c1-5-9-13-23-43(59)65-35-53(29-33-63-31-15-11-7-3)55-41-21-17-19-37-25-27-39(49(57-53)45(37)41)47-51(61)48(52(47)62)40-28-26-38-20-18-22-42-46(38)50(40)58-54(56-42,30-34-64-32-16-12-8-4)36-66-44(60)24-14-10-6-2;1-39-23-7-9-27-25(15-23)33(17-31(35)36)29(41-27)13-19-3-5-21-6-4-20(12-22(21)11-19)14-30-34(18-32(37)38)26-16-24(40-2)8-10-28(26)42-30/h17-22,25-28,47-48,51-52,55-58H,5-16,23-24,31-32,35-36H2,1-4H3;7-16,21H,3-6,17-18H2,1-2H3,(H-,35,36,37,38)/q-2;. The van der Waals surface area contributed by atoms with Crippen LogP contribution in [-0.2, 0) is 44.7 Å². The molecule has 3 atom stereocenters. The molecule has 7 aromatic rings. The number of unbranched alkanes of at least 4 members (excludes halogenated alkanes) is 8. The lowest BCUT2D eigenvalue weighted by atomic mass is 9.62. The van der Waals surface area contributed by atoms with Crippen molar-refractivity contribution in [2.45, 2.75) is 200 Å². The normalized spacial score (nSPS) is 21.3. The minimum absolute atomic E-state index is 0.0748. The second-order valence-electron chi connectivity index (χ2n) is 28.4. The SMILES string of the molecule is CCCCCOC#CC1(COC(=O)CCCCC)Nc2cccc3ccc(C4C([O-])C(c5ccc6cccc7c6c5NC(C#COCCCCC)(COC(=O)CCCCC)N7)C4[O-])c(c23)N1.CSc1ccc2c(c1)N(CC(=O)O)/C(=C/C1=CC3=C/C(=C/c4sc5ccc(SC)cc5[n+]4CC(=O)[O-])CCC3CC1)S2. The van der Waals surface area contributed by atoms with E-state index in [0.717, 1.165) is 176 Å². The molecule has 0 bridgehead atoms. The predicted octanol–water partition coefficient (Wildman–Crippen LogP) is 15.3. The number of esters is 2. The summed E-state index contributed by atoms with van der Waals surface area (Å²) < 4.78 is 26.2. The van der Waals surface area contributed by atoms with E-state index in [4.69, 9.17) is 18.9 Å². The number of thiazole rings is 1. The maximum absolute atomic E-state index is 14.9. The number of carbonyl (C=O) groups is 4. The number of nitrogens with zero attached hydrogens (tertiary/aromatic N) is 2. The summed E-state index contributed by atoms with van der Waals surface area (Å²) >= 11 is 6.52. The maximum Gasteiger partial charge on any atom is 0.323 e. The van der Waals surface area contributed by atoms with Crippen LogP contribution in [0, 0.1) is 30.0 Å². The van der Waals surface area contributed by atoms with Gasteiger partial charge in [-0.2, -0.15) is 4.57 Å². The van der Waals surface area contributed by atoms with Gasteiger partial charge >= 0.3 is 17.9 Å². The van der Waals surface area contributed by atoms with Crippen LogP contribution in [0.3, 0.4) is 0 Å². The first-order valence-electron chi connectivity index (χ1n) is 38.0. The molecule has 3 unspecified atom stereocenters. The number of carbonyl (C=O) groups excluding carboxylic acids is 3. The summed E-state index contributed by atoms with van der Waals surface area (Å²) in [5, 5.41) is 70.6. The number of aromatic nitrogens is 1. The van der Waals surface area contributed by atoms with Gasteiger partial charge in [0.25, 0.3) is 5.01 Å². The highest BCUT2D eigenvalue weighted by Gasteiger charge is 2.46. The summed E-state index contributed by atoms with van der Waals surface area (Å²) in [6.45, 7) is 8.78. The predicted molar refractivity (Wildman–Crippen MR) is 430 cm³/mol. The summed E-state index contributed by atoms with van der Waals surface area (Å²) in [6, 6.07) is 31.7. The Kier molecular flexibility index (Phi) is 26.7. The molecule has 1 aromatic heterocycles. The van der Waals surface area contributed by atoms with Crippen LogP contribution in [0.2, 0.25) is 0 Å². The fourth-order valence-electron chi connectivity index (χ4n) is 15.0. The Morgan fingerprint density at radius 1 is 0.657 bits per heavy atom. The quantitative estimate of drug-likeness (QED) is 0.00923. The molecule has 0 saturated heterocycles. The highest BCUT2D eigenvalue weighted by atomic mass is 32.2. The zero-order valence-corrected chi connectivity index (χ0v) is 65.6. The number of rotatable bonds is 30. The topological polar surface area (TPSA) is 250 Å². The van der Waals surface area contributed by atoms with E-state index in [2.05, 4.69) is 134 Å². The third-order valence-corrected chi connectivity index (χ3v) is 24.4. The molecule has 4 heterocycles. The molecular formula is C86H96N6O12S4-2. The van der Waals surface area contributed by atoms with Crippen molar-refractivity contribution in [3.8, 4) is 24.1 Å². The summed E-state index contributed by atoms with van der Waals surface area (Å²) in [4.78, 5) is 54.6. The third kappa shape index (κ3) is 18.4. The van der Waals surface area contributed by atoms with Crippen molar-refractivity contribution in [1.82, 2.24) is 0 Å². The van der Waals surface area contributed by atoms with Crippen molar-refractivity contribution in [3.63, 3.8) is 0 Å². The molecule has 22 heteroatoms. The second-order valence-corrected chi connectivity index (χ2v) is 32.3. The Morgan fingerprint density at radius 3 is 1.75 bits per heavy atom. The molecule has 5 N–H and O–H groups in total. The van der Waals surface area contributed by atoms with Crippen LogP contribution < -0.4 is 46.1 Å². The first-order chi connectivity index (χ1) is 52.5. The van der Waals surface area contributed by atoms with Crippen molar-refractivity contribution in [2.75, 3.05) is 71.7 Å². The Morgan fingerprint density at radius 2 is 1.20 bits per heavy atom. The minimum atomic E-state index is -1.33. The van der Waals surface area contributed by atoms with Crippen LogP contribution in [0.4, 0.5) is 28.4 Å². The highest BCUT2D eigenvalue weighted by molar-refractivity contribution is 8.03. The third-order valence-electron chi connectivity index (χ3n) is 20.7. The number of hydrogen-bond donors (Lipinski definition) is 5. The number of nitrogens with one attached hydrogen (secondary N) is 4. The molecule has 0 spiro atoms. The van der Waals surface area contributed by atoms with E-state index in [1.807, 2.05) is 82.6 Å². The van der Waals surface area contributed by atoms with E-state index in [-0.39, 0.29) is 51.1 Å². The molecule has 1 saturated carbocycles. The number of ether oxygens (including phenoxy) is 4. The molecule has 1 fully saturated rings. The van der Waals surface area contributed by atoms with Gasteiger partial charge in [0.1, 0.15) is 55.9 Å². The number of hydrogen-bond acceptors (Lipinski definition) is 20. The Bertz CT molecular complexity index is 4580. The maximum atomic E-state index is 14.9. The lowest BCUT2D eigenvalue weighted by molar-refractivity contribution is -0.663. The summed E-state index contributed by atoms with van der Waals surface area (Å²) in [5.74, 6) is 2.42. The molecule has 18 nitrogen and oxygen atoms in total. The number of thioether (sulfide) groups is 3. The summed E-state index contributed by atoms with van der Waals surface area (Å²) in [6.07, 6.45) is 31.6. The first-order valence-corrected chi connectivity index (χ1v) is 42.1. The van der Waals surface area contributed by atoms with Crippen LogP contribution in [0.25, 0.3) is 37.8 Å². The number of allylic oxidation sites excluding steroid dienone is 6. The van der Waals surface area contributed by atoms with Gasteiger partial charge in [0.2, 0.25) is 16.8 Å². The zero-order chi connectivity index (χ0) is 75.9. The van der Waals surface area contributed by atoms with E-state index < -0.39 is 47.3 Å². The monoisotopic (exact) mass is 1530 g/mol. The number of benzene rings is 6. The van der Waals surface area contributed by atoms with E-state index >= 15 is 0 Å². The van der Waals surface area contributed by atoms with Gasteiger partial charge in [0.05, 0.1) is 22.1 Å². The molecule has 0 radical (unpaired) electrons. The molecule has 6 aliphatic rings. The van der Waals surface area contributed by atoms with Gasteiger partial charge in [-0.1, -0.05) is 163 Å². The van der Waals surface area contributed by atoms with Gasteiger partial charge in [-0.05, 0) is 181 Å². The minimum Gasteiger partial charge on any atom is -0.851 e. The van der Waals surface area contributed by atoms with Crippen molar-refractivity contribution in [3.05, 3.63) is 153 Å². The lowest BCUT2D eigenvalue weighted by Crippen LogP contribution is -2.64. The van der Waals surface area contributed by atoms with Gasteiger partial charge in [-0.3, -0.25) is 14.4 Å². The number of aliphatic carboxylic acids is 2. The number of anilines is 5. The molecule has 13 rings (SSSR count). The van der Waals surface area contributed by atoms with Crippen LogP contribution in [0.5, 0.6) is 0 Å². The van der Waals surface area contributed by atoms with Crippen LogP contribution >= 0.6 is 46.6 Å². The van der Waals surface area contributed by atoms with Crippen molar-refractivity contribution >= 4 is 137 Å². The molecule has 3 aliphatic heterocycles. The fraction of sp³-hybridized carbons (Fsp3) is 0.430. The molecule has 6 aromatic carbocycles. The van der Waals surface area contributed by atoms with Crippen molar-refractivity contribution in [2.24, 2.45) is 5.92 Å². The Hall–Kier alpha value is -8.74. The van der Waals surface area contributed by atoms with Gasteiger partial charge in [-0.25, -0.2) is 0 Å². The average Bonchev–Trinajstić information content (AvgIpc) is 0.979. The molecule has 108 heavy (non-hydrogen) atoms. The number of carboxylic acids is 2. The van der Waals surface area contributed by atoms with E-state index in [1.165, 1.54) is 16.7 Å². The Labute approximate surface area is 650 Å². The molecule has 568 valence electrons. The van der Waals surface area contributed by atoms with Gasteiger partial charge in [0.15, 0.2) is 6.54 Å². The van der Waals surface area contributed by atoms with Crippen molar-refractivity contribution in [1.29, 1.82) is 0 Å². The van der Waals surface area contributed by atoms with Gasteiger partial charge < -0.3 is 70.3 Å². The molecular weight excluding hydrogens is 1440 g/mol. The van der Waals surface area contributed by atoms with Crippen LogP contribution in [0.1, 0.15) is 171 Å². The number of fused-ring (bicyclic) bond motifs is 3. The van der Waals surface area contributed by atoms with Gasteiger partial charge in [0, 0.05) is 61.8 Å². The van der Waals surface area contributed by atoms with E-state index in [0.29, 0.717) is 41.6 Å². The molecule has 0 amide bonds. The molecule has 3 aliphatic carbocycles. The zero-order valence-electron chi connectivity index (χ0n) is 62.4. The number of carboxylic acid groups (broad SMARTS) is 2.